The fourth-order valence-electron chi connectivity index (χ4n) is 2.85. The minimum Gasteiger partial charge on any atom is -0.497 e. The van der Waals surface area contributed by atoms with E-state index in [1.807, 2.05) is 0 Å². The van der Waals surface area contributed by atoms with E-state index in [9.17, 15) is 18.4 Å². The van der Waals surface area contributed by atoms with Gasteiger partial charge in [0.1, 0.15) is 17.4 Å². The third-order valence-electron chi connectivity index (χ3n) is 4.31. The number of anilines is 1. The molecule has 8 heteroatoms. The van der Waals surface area contributed by atoms with Crippen LogP contribution in [0.2, 0.25) is 0 Å². The number of methoxy groups -OCH3 is 1. The maximum Gasteiger partial charge on any atom is 0.273 e. The minimum absolute atomic E-state index is 0.0778. The van der Waals surface area contributed by atoms with Crippen molar-refractivity contribution in [3.05, 3.63) is 58.7 Å². The number of hydrogen-bond donors (Lipinski definition) is 2. The number of nitrogens with zero attached hydrogens (tertiary/aromatic N) is 1. The molecule has 2 aromatic rings. The monoisotopic (exact) mass is 375 g/mol. The molecule has 1 heterocycles. The van der Waals surface area contributed by atoms with Gasteiger partial charge >= 0.3 is 0 Å². The van der Waals surface area contributed by atoms with E-state index in [-0.39, 0.29) is 31.0 Å². The van der Waals surface area contributed by atoms with Crippen LogP contribution in [0, 0.1) is 11.6 Å². The number of carbonyl (C=O) groups excluding carboxylic acids is 2. The first-order valence-corrected chi connectivity index (χ1v) is 8.43. The number of nitrogens with one attached hydrogen (secondary N) is 2. The van der Waals surface area contributed by atoms with Crippen molar-refractivity contribution in [2.24, 2.45) is 0 Å². The Morgan fingerprint density at radius 1 is 1.26 bits per heavy atom. The maximum absolute atomic E-state index is 14.0. The van der Waals surface area contributed by atoms with Gasteiger partial charge in [-0.1, -0.05) is 6.92 Å². The number of amides is 2. The van der Waals surface area contributed by atoms with Crippen molar-refractivity contribution in [3.63, 3.8) is 0 Å². The highest BCUT2D eigenvalue weighted by Crippen LogP contribution is 2.30. The maximum atomic E-state index is 14.0. The van der Waals surface area contributed by atoms with Gasteiger partial charge in [0.05, 0.1) is 19.2 Å². The SMILES string of the molecule is CCC(=O)NN1Cc2c(NCc3cc(OC)ccc3F)cc(F)cc2C1=O. The van der Waals surface area contributed by atoms with Crippen LogP contribution in [0.15, 0.2) is 30.3 Å². The number of fused-ring (bicyclic) bond motifs is 1. The summed E-state index contributed by atoms with van der Waals surface area (Å²) in [6.07, 6.45) is 0.217. The van der Waals surface area contributed by atoms with Gasteiger partial charge in [-0.2, -0.15) is 0 Å². The van der Waals surface area contributed by atoms with Gasteiger partial charge in [-0.25, -0.2) is 13.8 Å². The Morgan fingerprint density at radius 2 is 2.04 bits per heavy atom. The first kappa shape index (κ1) is 18.6. The number of carbonyl (C=O) groups is 2. The number of halogens is 2. The van der Waals surface area contributed by atoms with E-state index in [4.69, 9.17) is 4.74 Å². The van der Waals surface area contributed by atoms with Gasteiger partial charge in [0.2, 0.25) is 5.91 Å². The van der Waals surface area contributed by atoms with Crippen LogP contribution in [-0.4, -0.2) is 23.9 Å². The summed E-state index contributed by atoms with van der Waals surface area (Å²) in [5.74, 6) is -1.32. The molecular formula is C19H19F2N3O3. The van der Waals surface area contributed by atoms with Gasteiger partial charge < -0.3 is 10.1 Å². The molecule has 0 aliphatic carbocycles. The van der Waals surface area contributed by atoms with E-state index < -0.39 is 17.5 Å². The standard InChI is InChI=1S/C19H19F2N3O3/c1-3-18(25)23-24-10-15-14(19(24)26)7-12(20)8-17(15)22-9-11-6-13(27-2)4-5-16(11)21/h4-8,22H,3,9-10H2,1-2H3,(H,23,25). The van der Waals surface area contributed by atoms with Crippen LogP contribution in [0.1, 0.15) is 34.8 Å². The van der Waals surface area contributed by atoms with E-state index in [2.05, 4.69) is 10.7 Å². The second-order valence-corrected chi connectivity index (χ2v) is 6.07. The van der Waals surface area contributed by atoms with Crippen molar-refractivity contribution in [1.82, 2.24) is 10.4 Å². The molecule has 3 rings (SSSR count). The second-order valence-electron chi connectivity index (χ2n) is 6.07. The van der Waals surface area contributed by atoms with Crippen LogP contribution < -0.4 is 15.5 Å². The molecule has 142 valence electrons. The van der Waals surface area contributed by atoms with Gasteiger partial charge in [-0.05, 0) is 30.3 Å². The predicted octanol–water partition coefficient (Wildman–Crippen LogP) is 2.98. The van der Waals surface area contributed by atoms with Gasteiger partial charge in [0.15, 0.2) is 0 Å². The van der Waals surface area contributed by atoms with Gasteiger partial charge in [0.25, 0.3) is 5.91 Å². The lowest BCUT2D eigenvalue weighted by Gasteiger charge is -2.16. The highest BCUT2D eigenvalue weighted by molar-refractivity contribution is 6.00. The van der Waals surface area contributed by atoms with E-state index >= 15 is 0 Å². The average Bonchev–Trinajstić information content (AvgIpc) is 2.96. The zero-order valence-corrected chi connectivity index (χ0v) is 14.9. The summed E-state index contributed by atoms with van der Waals surface area (Å²) in [5.41, 5.74) is 3.91. The number of rotatable bonds is 6. The fourth-order valence-corrected chi connectivity index (χ4v) is 2.85. The molecule has 2 N–H and O–H groups in total. The molecule has 0 saturated carbocycles. The summed E-state index contributed by atoms with van der Waals surface area (Å²) in [5, 5.41) is 4.12. The van der Waals surface area contributed by atoms with Gasteiger partial charge in [0, 0.05) is 29.8 Å². The molecule has 6 nitrogen and oxygen atoms in total. The number of benzene rings is 2. The Morgan fingerprint density at radius 3 is 2.74 bits per heavy atom. The van der Waals surface area contributed by atoms with Crippen molar-refractivity contribution in [3.8, 4) is 5.75 Å². The molecule has 1 aliphatic rings. The van der Waals surface area contributed by atoms with Crippen LogP contribution in [0.25, 0.3) is 0 Å². The fraction of sp³-hybridized carbons (Fsp3) is 0.263. The lowest BCUT2D eigenvalue weighted by Crippen LogP contribution is -2.41. The van der Waals surface area contributed by atoms with Crippen molar-refractivity contribution < 1.29 is 23.1 Å². The molecule has 27 heavy (non-hydrogen) atoms. The molecule has 0 bridgehead atoms. The summed E-state index contributed by atoms with van der Waals surface area (Å²) < 4.78 is 33.1. The Hall–Kier alpha value is -3.16. The van der Waals surface area contributed by atoms with E-state index in [0.717, 1.165) is 11.1 Å². The van der Waals surface area contributed by atoms with E-state index in [1.165, 1.54) is 25.3 Å². The van der Waals surface area contributed by atoms with E-state index in [0.29, 0.717) is 22.6 Å². The second kappa shape index (κ2) is 7.61. The van der Waals surface area contributed by atoms with Crippen molar-refractivity contribution in [1.29, 1.82) is 0 Å². The lowest BCUT2D eigenvalue weighted by atomic mass is 10.1. The molecule has 0 spiro atoms. The third kappa shape index (κ3) is 3.84. The lowest BCUT2D eigenvalue weighted by molar-refractivity contribution is -0.124. The smallest absolute Gasteiger partial charge is 0.273 e. The average molecular weight is 375 g/mol. The van der Waals surface area contributed by atoms with Gasteiger partial charge in [-0.3, -0.25) is 15.0 Å². The van der Waals surface area contributed by atoms with Crippen LogP contribution >= 0.6 is 0 Å². The molecule has 2 aromatic carbocycles. The Labute approximate surface area is 155 Å². The van der Waals surface area contributed by atoms with Crippen LogP contribution in [0.3, 0.4) is 0 Å². The molecule has 1 aliphatic heterocycles. The van der Waals surface area contributed by atoms with Gasteiger partial charge in [-0.15, -0.1) is 0 Å². The third-order valence-corrected chi connectivity index (χ3v) is 4.31. The van der Waals surface area contributed by atoms with Crippen molar-refractivity contribution >= 4 is 17.5 Å². The quantitative estimate of drug-likeness (QED) is 0.814. The largest absolute Gasteiger partial charge is 0.497 e. The molecule has 0 unspecified atom stereocenters. The highest BCUT2D eigenvalue weighted by atomic mass is 19.1. The summed E-state index contributed by atoms with van der Waals surface area (Å²) in [4.78, 5) is 24.0. The molecular weight excluding hydrogens is 356 g/mol. The molecule has 0 aromatic heterocycles. The zero-order chi connectivity index (χ0) is 19.6. The molecule has 0 atom stereocenters. The van der Waals surface area contributed by atoms with Crippen molar-refractivity contribution in [2.45, 2.75) is 26.4 Å². The normalized spacial score (nSPS) is 12.7. The highest BCUT2D eigenvalue weighted by Gasteiger charge is 2.31. The van der Waals surface area contributed by atoms with Crippen LogP contribution in [0.5, 0.6) is 5.75 Å². The number of hydrogen-bond acceptors (Lipinski definition) is 4. The Kier molecular flexibility index (Phi) is 5.25. The van der Waals surface area contributed by atoms with Crippen LogP contribution in [0.4, 0.5) is 14.5 Å². The number of hydrazine groups is 1. The molecule has 0 radical (unpaired) electrons. The zero-order valence-electron chi connectivity index (χ0n) is 14.9. The first-order valence-electron chi connectivity index (χ1n) is 8.43. The predicted molar refractivity (Wildman–Crippen MR) is 95.0 cm³/mol. The summed E-state index contributed by atoms with van der Waals surface area (Å²) in [6.45, 7) is 1.84. The van der Waals surface area contributed by atoms with E-state index in [1.54, 1.807) is 13.0 Å². The summed E-state index contributed by atoms with van der Waals surface area (Å²) in [6, 6.07) is 6.71. The minimum atomic E-state index is -0.598. The summed E-state index contributed by atoms with van der Waals surface area (Å²) >= 11 is 0. The first-order chi connectivity index (χ1) is 12.9. The summed E-state index contributed by atoms with van der Waals surface area (Å²) in [7, 11) is 1.48. The molecule has 0 saturated heterocycles. The Bertz CT molecular complexity index is 902. The van der Waals surface area contributed by atoms with Crippen LogP contribution in [-0.2, 0) is 17.9 Å². The van der Waals surface area contributed by atoms with Crippen molar-refractivity contribution in [2.75, 3.05) is 12.4 Å². The molecule has 2 amide bonds. The Balaban J connectivity index is 1.84. The topological polar surface area (TPSA) is 70.7 Å². The number of ether oxygens (including phenoxy) is 1. The molecule has 0 fully saturated rings.